The van der Waals surface area contributed by atoms with Crippen molar-refractivity contribution in [3.63, 3.8) is 0 Å². The van der Waals surface area contributed by atoms with E-state index in [2.05, 4.69) is 41.1 Å². The highest BCUT2D eigenvalue weighted by Gasteiger charge is 2.26. The molecule has 5 rings (SSSR count). The normalized spacial score (nSPS) is 16.3. The van der Waals surface area contributed by atoms with Gasteiger partial charge in [-0.2, -0.15) is 0 Å². The average Bonchev–Trinajstić information content (AvgIpc) is 3.34. The Hall–Kier alpha value is -2.86. The summed E-state index contributed by atoms with van der Waals surface area (Å²) in [7, 11) is 0. The summed E-state index contributed by atoms with van der Waals surface area (Å²) in [6.07, 6.45) is 2.63. The van der Waals surface area contributed by atoms with E-state index in [1.54, 1.807) is 6.26 Å². The van der Waals surface area contributed by atoms with Crippen molar-refractivity contribution in [1.82, 2.24) is 9.97 Å². The number of aromatic nitrogens is 2. The lowest BCUT2D eigenvalue weighted by atomic mass is 10.1. The Morgan fingerprint density at radius 2 is 2.19 bits per heavy atom. The highest BCUT2D eigenvalue weighted by molar-refractivity contribution is 7.17. The summed E-state index contributed by atoms with van der Waals surface area (Å²) < 4.78 is 5.45. The molecule has 6 heteroatoms. The van der Waals surface area contributed by atoms with Gasteiger partial charge in [-0.1, -0.05) is 18.2 Å². The third-order valence-electron chi connectivity index (χ3n) is 4.95. The Morgan fingerprint density at radius 1 is 1.31 bits per heavy atom. The van der Waals surface area contributed by atoms with Crippen LogP contribution < -0.4 is 10.5 Å². The number of furan rings is 1. The lowest BCUT2D eigenvalue weighted by Crippen LogP contribution is -2.30. The molecule has 1 aliphatic heterocycles. The van der Waals surface area contributed by atoms with Crippen LogP contribution in [0.2, 0.25) is 0 Å². The van der Waals surface area contributed by atoms with Gasteiger partial charge in [0, 0.05) is 22.7 Å². The van der Waals surface area contributed by atoms with Crippen LogP contribution in [-0.4, -0.2) is 16.0 Å². The maximum absolute atomic E-state index is 12.7. The molecule has 1 N–H and O–H groups in total. The van der Waals surface area contributed by atoms with Crippen molar-refractivity contribution >= 4 is 27.2 Å². The molecule has 0 aliphatic carbocycles. The molecule has 0 amide bonds. The van der Waals surface area contributed by atoms with E-state index < -0.39 is 0 Å². The second kappa shape index (κ2) is 5.85. The summed E-state index contributed by atoms with van der Waals surface area (Å²) in [5.41, 5.74) is 3.26. The minimum atomic E-state index is -0.113. The number of fused-ring (bicyclic) bond motifs is 2. The summed E-state index contributed by atoms with van der Waals surface area (Å²) in [5.74, 6) is 1.39. The Bertz CT molecular complexity index is 1140. The summed E-state index contributed by atoms with van der Waals surface area (Å²) in [4.78, 5) is 23.5. The third-order valence-corrected chi connectivity index (χ3v) is 5.82. The number of hydrogen-bond donors (Lipinski definition) is 1. The molecule has 130 valence electrons. The minimum absolute atomic E-state index is 0.113. The number of rotatable bonds is 3. The van der Waals surface area contributed by atoms with E-state index in [-0.39, 0.29) is 5.56 Å². The van der Waals surface area contributed by atoms with Gasteiger partial charge in [0.1, 0.15) is 16.4 Å². The number of nitrogens with zero attached hydrogens (tertiary/aromatic N) is 2. The van der Waals surface area contributed by atoms with Gasteiger partial charge in [0.05, 0.1) is 18.2 Å². The minimum Gasteiger partial charge on any atom is -0.464 e. The van der Waals surface area contributed by atoms with Crippen molar-refractivity contribution in [2.75, 3.05) is 4.90 Å². The molecule has 1 aromatic carbocycles. The van der Waals surface area contributed by atoms with Gasteiger partial charge >= 0.3 is 0 Å². The molecule has 1 aliphatic rings. The topological polar surface area (TPSA) is 62.1 Å². The van der Waals surface area contributed by atoms with Crippen LogP contribution in [0.25, 0.3) is 21.5 Å². The molecular weight excluding hydrogens is 346 g/mol. The van der Waals surface area contributed by atoms with Crippen LogP contribution in [0.15, 0.2) is 57.3 Å². The fraction of sp³-hybridized carbons (Fsp3) is 0.200. The molecule has 0 saturated carbocycles. The number of aromatic amines is 1. The number of H-pyrrole nitrogens is 1. The van der Waals surface area contributed by atoms with Gasteiger partial charge < -0.3 is 14.3 Å². The van der Waals surface area contributed by atoms with E-state index in [9.17, 15) is 4.79 Å². The number of benzene rings is 1. The van der Waals surface area contributed by atoms with Crippen molar-refractivity contribution in [3.05, 3.63) is 69.8 Å². The van der Waals surface area contributed by atoms with E-state index >= 15 is 0 Å². The third kappa shape index (κ3) is 2.37. The Kier molecular flexibility index (Phi) is 3.46. The fourth-order valence-electron chi connectivity index (χ4n) is 3.71. The number of para-hydroxylation sites is 1. The molecule has 26 heavy (non-hydrogen) atoms. The summed E-state index contributed by atoms with van der Waals surface area (Å²) in [5, 5.41) is 2.53. The zero-order chi connectivity index (χ0) is 17.7. The molecular formula is C20H17N3O2S. The predicted molar refractivity (Wildman–Crippen MR) is 104 cm³/mol. The Labute approximate surface area is 153 Å². The van der Waals surface area contributed by atoms with E-state index in [1.165, 1.54) is 22.6 Å². The standard InChI is InChI=1S/C20H17N3O2S/c1-12-9-13-5-2-3-6-15(13)23(12)10-17-21-19(24)18-14(11-26-20(18)22-17)16-7-4-8-25-16/h2-8,11-12H,9-10H2,1H3,(H,21,22,24). The quantitative estimate of drug-likeness (QED) is 0.593. The maximum Gasteiger partial charge on any atom is 0.260 e. The van der Waals surface area contributed by atoms with Crippen molar-refractivity contribution in [1.29, 1.82) is 0 Å². The smallest absolute Gasteiger partial charge is 0.260 e. The average molecular weight is 363 g/mol. The number of nitrogens with one attached hydrogen (secondary N) is 1. The molecule has 5 nitrogen and oxygen atoms in total. The van der Waals surface area contributed by atoms with Gasteiger partial charge in [-0.15, -0.1) is 11.3 Å². The lowest BCUT2D eigenvalue weighted by Gasteiger charge is -2.24. The first kappa shape index (κ1) is 15.4. The maximum atomic E-state index is 12.7. The van der Waals surface area contributed by atoms with Gasteiger partial charge in [0.2, 0.25) is 0 Å². The van der Waals surface area contributed by atoms with Crippen LogP contribution in [0.4, 0.5) is 5.69 Å². The zero-order valence-electron chi connectivity index (χ0n) is 14.2. The first-order valence-electron chi connectivity index (χ1n) is 8.59. The molecule has 0 saturated heterocycles. The van der Waals surface area contributed by atoms with Crippen LogP contribution in [0, 0.1) is 0 Å². The van der Waals surface area contributed by atoms with Crippen molar-refractivity contribution in [2.45, 2.75) is 25.9 Å². The SMILES string of the molecule is CC1Cc2ccccc2N1Cc1nc2scc(-c3ccco3)c2c(=O)[nH]1. The predicted octanol–water partition coefficient (Wildman–Crippen LogP) is 4.20. The Balaban J connectivity index is 1.54. The lowest BCUT2D eigenvalue weighted by molar-refractivity contribution is 0.583. The zero-order valence-corrected chi connectivity index (χ0v) is 15.0. The summed E-state index contributed by atoms with van der Waals surface area (Å²) >= 11 is 1.48. The number of thiophene rings is 1. The Morgan fingerprint density at radius 3 is 3.04 bits per heavy atom. The van der Waals surface area contributed by atoms with E-state index in [0.29, 0.717) is 29.6 Å². The first-order chi connectivity index (χ1) is 12.7. The number of hydrogen-bond acceptors (Lipinski definition) is 5. The first-order valence-corrected chi connectivity index (χ1v) is 9.47. The van der Waals surface area contributed by atoms with Crippen LogP contribution >= 0.6 is 11.3 Å². The molecule has 3 aromatic heterocycles. The molecule has 0 radical (unpaired) electrons. The molecule has 1 unspecified atom stereocenters. The van der Waals surface area contributed by atoms with Crippen molar-refractivity contribution < 1.29 is 4.42 Å². The van der Waals surface area contributed by atoms with Crippen LogP contribution in [-0.2, 0) is 13.0 Å². The highest BCUT2D eigenvalue weighted by Crippen LogP contribution is 2.34. The van der Waals surface area contributed by atoms with Crippen LogP contribution in [0.1, 0.15) is 18.3 Å². The van der Waals surface area contributed by atoms with Gasteiger partial charge in [-0.05, 0) is 37.1 Å². The number of anilines is 1. The monoisotopic (exact) mass is 363 g/mol. The van der Waals surface area contributed by atoms with E-state index in [1.807, 2.05) is 17.5 Å². The molecule has 4 heterocycles. The second-order valence-corrected chi connectivity index (χ2v) is 7.49. The second-order valence-electron chi connectivity index (χ2n) is 6.63. The fourth-order valence-corrected chi connectivity index (χ4v) is 4.66. The largest absolute Gasteiger partial charge is 0.464 e. The molecule has 1 atom stereocenters. The molecule has 0 bridgehead atoms. The van der Waals surface area contributed by atoms with Gasteiger partial charge in [0.25, 0.3) is 5.56 Å². The highest BCUT2D eigenvalue weighted by atomic mass is 32.1. The van der Waals surface area contributed by atoms with E-state index in [0.717, 1.165) is 16.8 Å². The summed E-state index contributed by atoms with van der Waals surface area (Å²) in [6, 6.07) is 12.5. The van der Waals surface area contributed by atoms with Crippen LogP contribution in [0.3, 0.4) is 0 Å². The van der Waals surface area contributed by atoms with Crippen molar-refractivity contribution in [3.8, 4) is 11.3 Å². The molecule has 4 aromatic rings. The molecule has 0 spiro atoms. The molecule has 0 fully saturated rings. The van der Waals surface area contributed by atoms with Gasteiger partial charge in [0.15, 0.2) is 0 Å². The van der Waals surface area contributed by atoms with Gasteiger partial charge in [-0.3, -0.25) is 4.79 Å². The van der Waals surface area contributed by atoms with Gasteiger partial charge in [-0.25, -0.2) is 4.98 Å². The summed E-state index contributed by atoms with van der Waals surface area (Å²) in [6.45, 7) is 2.80. The van der Waals surface area contributed by atoms with Crippen molar-refractivity contribution in [2.24, 2.45) is 0 Å². The van der Waals surface area contributed by atoms with E-state index in [4.69, 9.17) is 9.40 Å². The van der Waals surface area contributed by atoms with Crippen LogP contribution in [0.5, 0.6) is 0 Å².